The molecular formula is C23H28BrN4NaO5S. The van der Waals surface area contributed by atoms with Gasteiger partial charge in [-0.3, -0.25) is 4.72 Å². The minimum absolute atomic E-state index is 0. The largest absolute Gasteiger partial charge is 1.00 e. The molecule has 3 aromatic rings. The van der Waals surface area contributed by atoms with Gasteiger partial charge in [-0.05, 0) is 66.8 Å². The second kappa shape index (κ2) is 13.4. The molecule has 0 aliphatic heterocycles. The second-order valence-electron chi connectivity index (χ2n) is 7.69. The Kier molecular flexibility index (Phi) is 11.3. The zero-order valence-corrected chi connectivity index (χ0v) is 24.8. The van der Waals surface area contributed by atoms with E-state index in [0.29, 0.717) is 22.7 Å². The van der Waals surface area contributed by atoms with Gasteiger partial charge in [0.15, 0.2) is 11.5 Å². The number of rotatable bonds is 11. The van der Waals surface area contributed by atoms with E-state index in [1.54, 1.807) is 25.3 Å². The summed E-state index contributed by atoms with van der Waals surface area (Å²) in [7, 11) is 1.64. The maximum atomic E-state index is 12.8. The van der Waals surface area contributed by atoms with E-state index < -0.39 is 10.0 Å². The van der Waals surface area contributed by atoms with Crippen molar-refractivity contribution in [3.63, 3.8) is 0 Å². The molecule has 0 spiro atoms. The van der Waals surface area contributed by atoms with Gasteiger partial charge in [0.05, 0.1) is 18.2 Å². The van der Waals surface area contributed by atoms with Crippen molar-refractivity contribution in [3.05, 3.63) is 64.4 Å². The molecule has 1 aromatic heterocycles. The zero-order chi connectivity index (χ0) is 24.7. The average Bonchev–Trinajstić information content (AvgIpc) is 2.79. The van der Waals surface area contributed by atoms with Gasteiger partial charge in [-0.25, -0.2) is 18.4 Å². The van der Waals surface area contributed by atoms with Gasteiger partial charge in [0.25, 0.3) is 15.9 Å². The maximum Gasteiger partial charge on any atom is 1.00 e. The van der Waals surface area contributed by atoms with Gasteiger partial charge < -0.3 is 20.5 Å². The normalized spacial score (nSPS) is 11.0. The molecule has 0 radical (unpaired) electrons. The number of likely N-dealkylation sites (N-methyl/N-ethyl adjacent to an activating group) is 1. The molecule has 1 heterocycles. The van der Waals surface area contributed by atoms with Crippen LogP contribution < -0.4 is 48.5 Å². The van der Waals surface area contributed by atoms with Crippen LogP contribution in [0.15, 0.2) is 58.2 Å². The van der Waals surface area contributed by atoms with Gasteiger partial charge >= 0.3 is 29.6 Å². The number of hydrogen-bond acceptors (Lipinski definition) is 8. The molecule has 0 atom stereocenters. The van der Waals surface area contributed by atoms with Crippen molar-refractivity contribution in [3.8, 4) is 17.4 Å². The molecule has 3 rings (SSSR count). The molecule has 0 saturated carbocycles. The summed E-state index contributed by atoms with van der Waals surface area (Å²) in [6.45, 7) is 3.24. The monoisotopic (exact) mass is 574 g/mol. The molecule has 2 aromatic carbocycles. The van der Waals surface area contributed by atoms with Crippen LogP contribution in [0, 0.1) is 6.92 Å². The topological polar surface area (TPSA) is 103 Å². The van der Waals surface area contributed by atoms with E-state index >= 15 is 0 Å². The predicted molar refractivity (Wildman–Crippen MR) is 134 cm³/mol. The molecular weight excluding hydrogens is 547 g/mol. The quantitative estimate of drug-likeness (QED) is 0.338. The first kappa shape index (κ1) is 29.3. The number of hydrogen-bond donors (Lipinski definition) is 1. The van der Waals surface area contributed by atoms with E-state index in [4.69, 9.17) is 14.2 Å². The number of nitrogens with zero attached hydrogens (tertiary/aromatic N) is 3. The first-order valence-corrected chi connectivity index (χ1v) is 12.6. The van der Waals surface area contributed by atoms with E-state index in [0.717, 1.165) is 17.7 Å². The van der Waals surface area contributed by atoms with E-state index in [9.17, 15) is 8.42 Å². The summed E-state index contributed by atoms with van der Waals surface area (Å²) in [5, 5.41) is 0. The van der Waals surface area contributed by atoms with Crippen molar-refractivity contribution in [1.29, 1.82) is 0 Å². The third-order valence-electron chi connectivity index (χ3n) is 4.67. The smallest absolute Gasteiger partial charge is 1.00 e. The molecule has 0 amide bonds. The average molecular weight is 575 g/mol. The van der Waals surface area contributed by atoms with E-state index in [1.165, 1.54) is 18.3 Å². The molecule has 0 aliphatic rings. The summed E-state index contributed by atoms with van der Waals surface area (Å²) in [4.78, 5) is 10.5. The van der Waals surface area contributed by atoms with E-state index in [2.05, 4.69) is 30.6 Å². The summed E-state index contributed by atoms with van der Waals surface area (Å²) in [6.07, 6.45) is 1.39. The summed E-state index contributed by atoms with van der Waals surface area (Å²) in [5.41, 5.74) is 1.74. The van der Waals surface area contributed by atoms with Gasteiger partial charge in [0.2, 0.25) is 5.82 Å². The number of sulfonamides is 1. The van der Waals surface area contributed by atoms with Crippen LogP contribution in [0.4, 0.5) is 5.82 Å². The van der Waals surface area contributed by atoms with Crippen LogP contribution in [-0.2, 0) is 16.6 Å². The summed E-state index contributed by atoms with van der Waals surface area (Å²) < 4.78 is 45.5. The van der Waals surface area contributed by atoms with Crippen molar-refractivity contribution in [2.45, 2.75) is 18.4 Å². The van der Waals surface area contributed by atoms with Crippen molar-refractivity contribution in [2.75, 3.05) is 39.1 Å². The molecule has 184 valence electrons. The molecule has 9 nitrogen and oxygen atoms in total. The first-order valence-electron chi connectivity index (χ1n) is 10.4. The molecule has 0 unspecified atom stereocenters. The summed E-state index contributed by atoms with van der Waals surface area (Å²) in [5.74, 6) is 1.22. The molecule has 1 N–H and O–H groups in total. The van der Waals surface area contributed by atoms with Gasteiger partial charge in [-0.2, -0.15) is 0 Å². The second-order valence-corrected chi connectivity index (χ2v) is 10.2. The number of halogens is 1. The Bertz CT molecular complexity index is 1230. The fourth-order valence-corrected chi connectivity index (χ4v) is 4.11. The number of aryl methyl sites for hydroxylation is 1. The minimum Gasteiger partial charge on any atom is -1.00 e. The third-order valence-corrected chi connectivity index (χ3v) is 6.41. The van der Waals surface area contributed by atoms with E-state index in [-0.39, 0.29) is 54.2 Å². The number of nitrogens with one attached hydrogen (secondary N) is 1. The number of methoxy groups -OCH3 is 1. The van der Waals surface area contributed by atoms with E-state index in [1.807, 2.05) is 38.1 Å². The van der Waals surface area contributed by atoms with Crippen LogP contribution in [0.25, 0.3) is 0 Å². The maximum absolute atomic E-state index is 12.8. The van der Waals surface area contributed by atoms with Crippen LogP contribution in [0.1, 0.15) is 12.6 Å². The molecule has 12 heteroatoms. The van der Waals surface area contributed by atoms with Crippen LogP contribution in [0.5, 0.6) is 17.4 Å². The van der Waals surface area contributed by atoms with Crippen molar-refractivity contribution < 1.29 is 53.6 Å². The fraction of sp³-hybridized carbons (Fsp3) is 0.304. The Morgan fingerprint density at radius 3 is 2.46 bits per heavy atom. The number of ether oxygens (including phenoxy) is 3. The zero-order valence-electron chi connectivity index (χ0n) is 21.4. The van der Waals surface area contributed by atoms with Crippen molar-refractivity contribution >= 4 is 31.8 Å². The Balaban J connectivity index is 0.00000324. The fourth-order valence-electron chi connectivity index (χ4n) is 2.84. The molecule has 0 aliphatic carbocycles. The minimum atomic E-state index is -3.87. The van der Waals surface area contributed by atoms with Crippen molar-refractivity contribution in [2.24, 2.45) is 0 Å². The molecule has 35 heavy (non-hydrogen) atoms. The van der Waals surface area contributed by atoms with Gasteiger partial charge in [-0.1, -0.05) is 23.8 Å². The number of anilines is 1. The molecule has 0 fully saturated rings. The van der Waals surface area contributed by atoms with Crippen LogP contribution >= 0.6 is 15.9 Å². The molecule has 0 saturated heterocycles. The van der Waals surface area contributed by atoms with Crippen LogP contribution in [-0.4, -0.2) is 57.6 Å². The molecule has 0 bridgehead atoms. The summed E-state index contributed by atoms with van der Waals surface area (Å²) >= 11 is 3.25. The standard InChI is InChI=1S/C23H27BrN4O5S.Na.H/c1-16-5-8-18(9-6-16)34(29,30)27-22-23(26-21(24)14-25-22)33-15-17-7-10-19(31-4)20(13-17)32-12-11-28(2)3;;/h5-10,13-14H,11-12,15H2,1-4H3,(H,25,27);;/q;+1;-1. The van der Waals surface area contributed by atoms with Gasteiger partial charge in [0.1, 0.15) is 17.8 Å². The van der Waals surface area contributed by atoms with Crippen LogP contribution in [0.3, 0.4) is 0 Å². The predicted octanol–water partition coefficient (Wildman–Crippen LogP) is 0.993. The Morgan fingerprint density at radius 2 is 1.80 bits per heavy atom. The number of aromatic nitrogens is 2. The summed E-state index contributed by atoms with van der Waals surface area (Å²) in [6, 6.07) is 11.9. The number of benzene rings is 2. The Morgan fingerprint density at radius 1 is 1.09 bits per heavy atom. The Labute approximate surface area is 238 Å². The third kappa shape index (κ3) is 8.62. The SMILES string of the molecule is COc1ccc(COc2nc(Br)cnc2NS(=O)(=O)c2ccc(C)cc2)cc1OCCN(C)C.[H-].[Na+]. The van der Waals surface area contributed by atoms with Gasteiger partial charge in [0, 0.05) is 6.54 Å². The van der Waals surface area contributed by atoms with Gasteiger partial charge in [-0.15, -0.1) is 0 Å². The first-order chi connectivity index (χ1) is 16.2. The Hall–Kier alpha value is -1.89. The van der Waals surface area contributed by atoms with Crippen molar-refractivity contribution in [1.82, 2.24) is 14.9 Å². The van der Waals surface area contributed by atoms with Crippen LogP contribution in [0.2, 0.25) is 0 Å².